The van der Waals surface area contributed by atoms with Crippen molar-refractivity contribution in [2.75, 3.05) is 114 Å². The number of benzene rings is 6. The van der Waals surface area contributed by atoms with E-state index in [1.807, 2.05) is 78.9 Å². The van der Waals surface area contributed by atoms with Crippen LogP contribution < -0.4 is 32.8 Å². The molecule has 6 aromatic rings. The summed E-state index contributed by atoms with van der Waals surface area (Å²) in [5, 5.41) is 13.4. The summed E-state index contributed by atoms with van der Waals surface area (Å²) in [6.45, 7) is 3.50. The average Bonchev–Trinajstić information content (AvgIpc) is 1.65. The summed E-state index contributed by atoms with van der Waals surface area (Å²) in [6, 6.07) is 55.4. The number of carboxylic acids is 1. The molecule has 3 fully saturated rings. The van der Waals surface area contributed by atoms with E-state index >= 15 is 0 Å². The van der Waals surface area contributed by atoms with Gasteiger partial charge in [0, 0.05) is 45.5 Å². The van der Waals surface area contributed by atoms with Gasteiger partial charge >= 0.3 is 35.4 Å². The third-order valence-corrected chi connectivity index (χ3v) is 19.0. The van der Waals surface area contributed by atoms with Crippen molar-refractivity contribution in [3.8, 4) is 0 Å². The van der Waals surface area contributed by atoms with Crippen LogP contribution in [0.2, 0.25) is 0 Å². The third-order valence-electron chi connectivity index (χ3n) is 18.9. The first-order valence-corrected chi connectivity index (χ1v) is 39.4. The number of halogens is 1. The number of carboxylic acid groups (broad SMARTS) is 1. The van der Waals surface area contributed by atoms with Gasteiger partial charge in [0.1, 0.15) is 13.2 Å². The van der Waals surface area contributed by atoms with Crippen LogP contribution in [0.3, 0.4) is 0 Å². The van der Waals surface area contributed by atoms with Crippen LogP contribution >= 0.6 is 11.6 Å². The number of unbranched alkanes of at least 4 members (excludes halogenated alkanes) is 3. The number of hydroxylamine groups is 3. The van der Waals surface area contributed by atoms with Gasteiger partial charge < -0.3 is 73.9 Å². The highest BCUT2D eigenvalue weighted by molar-refractivity contribution is 6.61. The number of hydrogen-bond acceptors (Lipinski definition) is 22. The van der Waals surface area contributed by atoms with Gasteiger partial charge in [0.25, 0.3) is 17.7 Å². The lowest BCUT2D eigenvalue weighted by molar-refractivity contribution is -0.163. The first kappa shape index (κ1) is 96.4. The van der Waals surface area contributed by atoms with Gasteiger partial charge in [-0.3, -0.25) is 19.2 Å². The molecule has 0 atom stereocenters. The Morgan fingerprint density at radius 2 is 0.629 bits per heavy atom. The Hall–Kier alpha value is -10.2. The van der Waals surface area contributed by atoms with Crippen LogP contribution in [0.15, 0.2) is 164 Å². The van der Waals surface area contributed by atoms with Crippen molar-refractivity contribution >= 4 is 70.6 Å². The molecule has 6 aromatic carbocycles. The number of methoxy groups -OCH3 is 4. The van der Waals surface area contributed by atoms with Gasteiger partial charge in [-0.1, -0.05) is 164 Å². The Labute approximate surface area is 684 Å². The fourth-order valence-electron chi connectivity index (χ4n) is 11.2. The number of carbonyl (C=O) groups is 10. The lowest BCUT2D eigenvalue weighted by atomic mass is 10.0. The van der Waals surface area contributed by atoms with Crippen molar-refractivity contribution in [2.45, 2.75) is 135 Å². The molecule has 28 nitrogen and oxygen atoms in total. The zero-order valence-electron chi connectivity index (χ0n) is 67.1. The van der Waals surface area contributed by atoms with Crippen molar-refractivity contribution in [3.63, 3.8) is 0 Å². The molecule has 0 heterocycles. The van der Waals surface area contributed by atoms with E-state index in [1.165, 1.54) is 47.6 Å². The summed E-state index contributed by atoms with van der Waals surface area (Å²) in [4.78, 5) is 130. The van der Waals surface area contributed by atoms with E-state index in [2.05, 4.69) is 133 Å². The summed E-state index contributed by atoms with van der Waals surface area (Å²) in [7, 11) is 5.65. The maximum Gasteiger partial charge on any atom is 0.406 e. The number of rotatable bonds is 45. The maximum absolute atomic E-state index is 12.5. The van der Waals surface area contributed by atoms with Crippen molar-refractivity contribution in [1.82, 2.24) is 27.1 Å². The fourth-order valence-corrected chi connectivity index (χ4v) is 11.2. The topological polar surface area (TPSA) is 379 Å². The van der Waals surface area contributed by atoms with Gasteiger partial charge in [0.15, 0.2) is 0 Å². The molecule has 9 rings (SSSR count). The van der Waals surface area contributed by atoms with E-state index in [0.717, 1.165) is 107 Å². The Morgan fingerprint density at radius 3 is 0.914 bits per heavy atom. The normalized spacial score (nSPS) is 13.1. The molecular weight excluding hydrogens is 1520 g/mol. The Bertz CT molecular complexity index is 3850. The molecule has 3 aliphatic rings. The van der Waals surface area contributed by atoms with Crippen LogP contribution in [0, 0.1) is 16.2 Å². The summed E-state index contributed by atoms with van der Waals surface area (Å²) >= 11 is 4.60. The van der Waals surface area contributed by atoms with E-state index in [1.54, 1.807) is 14.2 Å². The monoisotopic (exact) mass is 1630 g/mol. The number of nitrogens with two attached hydrogens (primary N) is 1. The second kappa shape index (κ2) is 56.2. The minimum absolute atomic E-state index is 0.109. The van der Waals surface area contributed by atoms with Crippen molar-refractivity contribution in [3.05, 3.63) is 214 Å². The standard InChI is InChI=1S/C30H40N2O7.C25H30N2O5.C23H28N2O3.C7H14O5.C2H3ClO2/c1-36-17-18-37-19-20-38-22-28(34)31-23-30(15-16-30)29(35)39-32-27(33)21-26-13-11-25(12-14-26)10-6-5-9-24-7-3-2-4-8-24;1-31-24(30)26-18-25(15-16-25)23(29)32-27-22(28)17-21-13-11-20(12-14-21)10-6-5-9-19-7-3-2-4-8-19;24-17-23(14-15-23)22(27)28-25-21(26)16-20-12-10-19(11-13-20)9-5-4-8-18-6-2-1-3-7-18;1-10-2-3-11-4-5-12-6-7(8)9;1-5-2(3)4/h2-4,7-8,11-14H,5-6,9-10,15-23H2,1H3,(H,31,34)(H,32,33);2-4,7-8,11-14H,5-6,9-10,15-18H2,1H3,(H,26,30)(H,27,28);1-3,6-7,10-13H,4-5,8-9,14-17,24H2,(H,25,26);2-6H2,1H3,(H,8,9);1H3. The Balaban J connectivity index is 0.000000284. The zero-order valence-corrected chi connectivity index (χ0v) is 67.9. The maximum atomic E-state index is 12.5. The van der Waals surface area contributed by atoms with Crippen LogP contribution in [0.4, 0.5) is 9.59 Å². The first-order chi connectivity index (χ1) is 56.2. The minimum Gasteiger partial charge on any atom is -0.480 e. The molecule has 3 saturated carbocycles. The molecule has 8 N–H and O–H groups in total. The molecule has 0 aliphatic heterocycles. The molecule has 29 heteroatoms. The zero-order chi connectivity index (χ0) is 83.9. The molecular formula is C87H115ClN6O22. The highest BCUT2D eigenvalue weighted by atomic mass is 35.5. The minimum atomic E-state index is -0.966. The highest BCUT2D eigenvalue weighted by Gasteiger charge is 2.53. The Kier molecular flexibility index (Phi) is 46.7. The number of hydrogen-bond donors (Lipinski definition) is 7. The SMILES string of the molecule is COC(=O)Cl.COC(=O)NCC1(C(=O)ONC(=O)Cc2ccc(CCCCc3ccccc3)cc2)CC1.COCCOCCOCC(=O)NCC1(C(=O)ONC(=O)Cc2ccc(CCCCc3ccccc3)cc2)CC1.COCCOCCOCC(=O)O.NCC1(C(=O)ONC(=O)Cc2ccc(CCCCc3ccccc3)cc2)CC1. The smallest absolute Gasteiger partial charge is 0.406 e. The fraction of sp³-hybridized carbons (Fsp3) is 0.471. The summed E-state index contributed by atoms with van der Waals surface area (Å²) < 4.78 is 38.2. The number of alkyl carbamates (subject to hydrolysis) is 1. The van der Waals surface area contributed by atoms with Crippen LogP contribution in [0.5, 0.6) is 0 Å². The molecule has 0 spiro atoms. The van der Waals surface area contributed by atoms with E-state index in [0.29, 0.717) is 71.9 Å². The van der Waals surface area contributed by atoms with E-state index < -0.39 is 63.5 Å². The summed E-state index contributed by atoms with van der Waals surface area (Å²) in [5.74, 6) is -3.96. The van der Waals surface area contributed by atoms with E-state index in [4.69, 9.17) is 53.8 Å². The van der Waals surface area contributed by atoms with Gasteiger partial charge in [-0.2, -0.15) is 16.4 Å². The van der Waals surface area contributed by atoms with Gasteiger partial charge in [-0.15, -0.1) is 0 Å². The van der Waals surface area contributed by atoms with Crippen LogP contribution in [-0.2, 0) is 149 Å². The second-order valence-corrected chi connectivity index (χ2v) is 28.4. The number of carbonyl (C=O) groups excluding carboxylic acids is 9. The first-order valence-electron chi connectivity index (χ1n) is 39.0. The third kappa shape index (κ3) is 41.9. The van der Waals surface area contributed by atoms with Gasteiger partial charge in [0.05, 0.1) is 103 Å². The molecule has 632 valence electrons. The van der Waals surface area contributed by atoms with E-state index in [-0.39, 0.29) is 70.5 Å². The summed E-state index contributed by atoms with van der Waals surface area (Å²) in [5.41, 5.74) is 19.8. The lowest BCUT2D eigenvalue weighted by Gasteiger charge is -2.15. The number of ether oxygens (including phenoxy) is 8. The van der Waals surface area contributed by atoms with Crippen molar-refractivity contribution < 1.29 is 105 Å². The van der Waals surface area contributed by atoms with Crippen LogP contribution in [0.1, 0.15) is 127 Å². The average molecular weight is 1630 g/mol. The molecule has 0 bridgehead atoms. The highest BCUT2D eigenvalue weighted by Crippen LogP contribution is 2.47. The number of aryl methyl sites for hydroxylation is 6. The molecule has 116 heavy (non-hydrogen) atoms. The quantitative estimate of drug-likeness (QED) is 0.00808. The van der Waals surface area contributed by atoms with Crippen molar-refractivity contribution in [2.24, 2.45) is 22.0 Å². The van der Waals surface area contributed by atoms with Crippen LogP contribution in [0.25, 0.3) is 0 Å². The van der Waals surface area contributed by atoms with Gasteiger partial charge in [-0.25, -0.2) is 28.8 Å². The molecule has 0 radical (unpaired) electrons. The molecule has 3 aliphatic carbocycles. The molecule has 0 unspecified atom stereocenters. The second-order valence-electron chi connectivity index (χ2n) is 28.1. The van der Waals surface area contributed by atoms with E-state index in [9.17, 15) is 47.9 Å². The van der Waals surface area contributed by atoms with Gasteiger partial charge in [-0.05, 0) is 166 Å². The predicted octanol–water partition coefficient (Wildman–Crippen LogP) is 10.3. The van der Waals surface area contributed by atoms with Gasteiger partial charge in [0.2, 0.25) is 5.91 Å². The predicted molar refractivity (Wildman–Crippen MR) is 433 cm³/mol. The Morgan fingerprint density at radius 1 is 0.353 bits per heavy atom. The number of amides is 5. The summed E-state index contributed by atoms with van der Waals surface area (Å²) in [6.07, 6.45) is 16.7. The molecule has 0 aromatic heterocycles. The molecule has 0 saturated heterocycles. The van der Waals surface area contributed by atoms with Crippen LogP contribution in [-0.4, -0.2) is 178 Å². The number of aliphatic carboxylic acids is 1. The van der Waals surface area contributed by atoms with Crippen molar-refractivity contribution in [1.29, 1.82) is 0 Å². The largest absolute Gasteiger partial charge is 0.480 e. The lowest BCUT2D eigenvalue weighted by Crippen LogP contribution is -2.39. The molecule has 5 amide bonds. The number of nitrogens with one attached hydrogen (secondary N) is 5.